The van der Waals surface area contributed by atoms with Gasteiger partial charge in [0.15, 0.2) is 0 Å². The van der Waals surface area contributed by atoms with Crippen molar-refractivity contribution in [3.63, 3.8) is 0 Å². The molecule has 0 aliphatic carbocycles. The van der Waals surface area contributed by atoms with E-state index in [4.69, 9.17) is 0 Å². The number of hydrazine groups is 1. The summed E-state index contributed by atoms with van der Waals surface area (Å²) in [4.78, 5) is 25.5. The van der Waals surface area contributed by atoms with E-state index in [0.717, 1.165) is 18.8 Å². The van der Waals surface area contributed by atoms with Gasteiger partial charge in [0.05, 0.1) is 0 Å². The smallest absolute Gasteiger partial charge is 0.269 e. The average molecular weight is 301 g/mol. The maximum Gasteiger partial charge on any atom is 0.269 e. The van der Waals surface area contributed by atoms with Gasteiger partial charge >= 0.3 is 0 Å². The molecule has 0 unspecified atom stereocenters. The summed E-state index contributed by atoms with van der Waals surface area (Å²) in [5.41, 5.74) is 6.27. The van der Waals surface area contributed by atoms with Gasteiger partial charge in [0, 0.05) is 30.4 Å². The van der Waals surface area contributed by atoms with Crippen LogP contribution >= 0.6 is 0 Å². The number of amides is 2. The van der Waals surface area contributed by atoms with Crippen LogP contribution in [0.3, 0.4) is 0 Å². The molecule has 1 aromatic carbocycles. The molecule has 2 amide bonds. The van der Waals surface area contributed by atoms with Gasteiger partial charge in [-0.25, -0.2) is 0 Å². The van der Waals surface area contributed by atoms with Crippen molar-refractivity contribution in [1.29, 1.82) is 0 Å². The number of hydrogen-bond acceptors (Lipinski definition) is 3. The van der Waals surface area contributed by atoms with Crippen molar-refractivity contribution in [2.75, 3.05) is 18.0 Å². The maximum absolute atomic E-state index is 11.9. The molecule has 0 atom stereocenters. The third kappa shape index (κ3) is 5.44. The van der Waals surface area contributed by atoms with Gasteiger partial charge in [-0.15, -0.1) is 0 Å². The number of carbonyl (C=O) groups is 2. The second-order valence-electron chi connectivity index (χ2n) is 4.55. The summed E-state index contributed by atoms with van der Waals surface area (Å²) in [6.45, 7) is 7.85. The van der Waals surface area contributed by atoms with Crippen molar-refractivity contribution in [3.05, 3.63) is 54.1 Å². The quantitative estimate of drug-likeness (QED) is 0.482. The van der Waals surface area contributed by atoms with Gasteiger partial charge in [0.1, 0.15) is 0 Å². The van der Waals surface area contributed by atoms with Crippen LogP contribution in [0.25, 0.3) is 0 Å². The monoisotopic (exact) mass is 301 g/mol. The Kier molecular flexibility index (Phi) is 7.47. The number of rotatable bonds is 6. The zero-order valence-corrected chi connectivity index (χ0v) is 13.3. The molecule has 0 radical (unpaired) electrons. The van der Waals surface area contributed by atoms with Gasteiger partial charge in [-0.3, -0.25) is 20.4 Å². The molecule has 2 N–H and O–H groups in total. The molecule has 0 spiro atoms. The van der Waals surface area contributed by atoms with Crippen molar-refractivity contribution in [2.24, 2.45) is 0 Å². The molecule has 118 valence electrons. The van der Waals surface area contributed by atoms with E-state index in [2.05, 4.69) is 29.6 Å². The lowest BCUT2D eigenvalue weighted by Gasteiger charge is -2.21. The Morgan fingerprint density at radius 3 is 2.23 bits per heavy atom. The van der Waals surface area contributed by atoms with E-state index in [-0.39, 0.29) is 11.8 Å². The second kappa shape index (κ2) is 9.39. The Bertz CT molecular complexity index is 544. The fourth-order valence-corrected chi connectivity index (χ4v) is 1.90. The van der Waals surface area contributed by atoms with Crippen LogP contribution in [0.1, 0.15) is 31.1 Å². The minimum absolute atomic E-state index is 0.348. The normalized spacial score (nSPS) is 10.9. The summed E-state index contributed by atoms with van der Waals surface area (Å²) in [6, 6.07) is 7.28. The average Bonchev–Trinajstić information content (AvgIpc) is 2.54. The number of allylic oxidation sites excluding steroid dienone is 3. The summed E-state index contributed by atoms with van der Waals surface area (Å²) in [5, 5.41) is 0. The van der Waals surface area contributed by atoms with E-state index >= 15 is 0 Å². The van der Waals surface area contributed by atoms with Crippen LogP contribution in [0, 0.1) is 0 Å². The van der Waals surface area contributed by atoms with Crippen molar-refractivity contribution < 1.29 is 9.59 Å². The number of hydrogen-bond donors (Lipinski definition) is 2. The molecule has 0 aliphatic rings. The zero-order chi connectivity index (χ0) is 16.4. The minimum atomic E-state index is -0.383. The lowest BCUT2D eigenvalue weighted by atomic mass is 10.2. The van der Waals surface area contributed by atoms with Gasteiger partial charge < -0.3 is 4.90 Å². The summed E-state index contributed by atoms with van der Waals surface area (Å²) >= 11 is 0. The number of nitrogens with one attached hydrogen (secondary N) is 2. The predicted octanol–water partition coefficient (Wildman–Crippen LogP) is 2.43. The van der Waals surface area contributed by atoms with Crippen LogP contribution in [-0.2, 0) is 4.79 Å². The number of nitrogens with zero attached hydrogens (tertiary/aromatic N) is 1. The van der Waals surface area contributed by atoms with Crippen LogP contribution in [0.15, 0.2) is 48.6 Å². The summed E-state index contributed by atoms with van der Waals surface area (Å²) in [7, 11) is 0. The summed E-state index contributed by atoms with van der Waals surface area (Å²) in [6.07, 6.45) is 6.47. The van der Waals surface area contributed by atoms with E-state index in [1.165, 1.54) is 6.08 Å². The Labute approximate surface area is 131 Å². The molecule has 1 aromatic rings. The van der Waals surface area contributed by atoms with Crippen molar-refractivity contribution in [1.82, 2.24) is 10.9 Å². The van der Waals surface area contributed by atoms with E-state index in [1.54, 1.807) is 30.4 Å². The fraction of sp³-hybridized carbons (Fsp3) is 0.294. The van der Waals surface area contributed by atoms with Crippen molar-refractivity contribution in [3.8, 4) is 0 Å². The Balaban J connectivity index is 2.57. The predicted molar refractivity (Wildman–Crippen MR) is 89.6 cm³/mol. The molecule has 5 heteroatoms. The van der Waals surface area contributed by atoms with Crippen LogP contribution < -0.4 is 15.8 Å². The highest BCUT2D eigenvalue weighted by atomic mass is 16.2. The van der Waals surface area contributed by atoms with E-state index in [9.17, 15) is 9.59 Å². The molecule has 0 aromatic heterocycles. The first-order valence-corrected chi connectivity index (χ1v) is 7.37. The van der Waals surface area contributed by atoms with Gasteiger partial charge in [-0.05, 0) is 45.0 Å². The molecule has 0 saturated heterocycles. The highest BCUT2D eigenvalue weighted by molar-refractivity contribution is 5.97. The molecule has 0 bridgehead atoms. The summed E-state index contributed by atoms with van der Waals surface area (Å²) in [5.74, 6) is -0.731. The number of benzene rings is 1. The van der Waals surface area contributed by atoms with Crippen LogP contribution in [0.5, 0.6) is 0 Å². The minimum Gasteiger partial charge on any atom is -0.372 e. The Morgan fingerprint density at radius 1 is 1.05 bits per heavy atom. The topological polar surface area (TPSA) is 61.4 Å². The van der Waals surface area contributed by atoms with E-state index in [1.807, 2.05) is 19.1 Å². The van der Waals surface area contributed by atoms with Crippen LogP contribution in [0.2, 0.25) is 0 Å². The third-order valence-electron chi connectivity index (χ3n) is 3.11. The van der Waals surface area contributed by atoms with Gasteiger partial charge in [-0.2, -0.15) is 0 Å². The van der Waals surface area contributed by atoms with Crippen molar-refractivity contribution in [2.45, 2.75) is 20.8 Å². The lowest BCUT2D eigenvalue weighted by molar-refractivity contribution is -0.117. The van der Waals surface area contributed by atoms with Gasteiger partial charge in [-0.1, -0.05) is 18.2 Å². The molecule has 22 heavy (non-hydrogen) atoms. The maximum atomic E-state index is 11.9. The van der Waals surface area contributed by atoms with Crippen LogP contribution in [0.4, 0.5) is 5.69 Å². The lowest BCUT2D eigenvalue weighted by Crippen LogP contribution is -2.40. The number of anilines is 1. The largest absolute Gasteiger partial charge is 0.372 e. The zero-order valence-electron chi connectivity index (χ0n) is 13.3. The second-order valence-corrected chi connectivity index (χ2v) is 4.55. The van der Waals surface area contributed by atoms with Crippen molar-refractivity contribution >= 4 is 17.5 Å². The SMILES string of the molecule is C/C=C/C=C/C(=O)NNC(=O)c1ccc(N(CC)CC)cc1. The van der Waals surface area contributed by atoms with Gasteiger partial charge in [0.2, 0.25) is 0 Å². The van der Waals surface area contributed by atoms with E-state index < -0.39 is 0 Å². The molecule has 5 nitrogen and oxygen atoms in total. The molecule has 0 aliphatic heterocycles. The summed E-state index contributed by atoms with van der Waals surface area (Å²) < 4.78 is 0. The highest BCUT2D eigenvalue weighted by Gasteiger charge is 2.07. The standard InChI is InChI=1S/C17H23N3O2/c1-4-7-8-9-16(21)18-19-17(22)14-10-12-15(13-11-14)20(5-2)6-3/h4,7-13H,5-6H2,1-3H3,(H,18,21)(H,19,22)/b7-4+,9-8+. The molecule has 0 fully saturated rings. The first-order valence-electron chi connectivity index (χ1n) is 7.37. The first-order chi connectivity index (χ1) is 10.6. The first kappa shape index (κ1) is 17.5. The third-order valence-corrected chi connectivity index (χ3v) is 3.11. The number of carbonyl (C=O) groups excluding carboxylic acids is 2. The van der Waals surface area contributed by atoms with E-state index in [0.29, 0.717) is 5.56 Å². The molecular weight excluding hydrogens is 278 g/mol. The molecule has 0 saturated carbocycles. The fourth-order valence-electron chi connectivity index (χ4n) is 1.90. The Hall–Kier alpha value is -2.56. The molecule has 1 rings (SSSR count). The van der Waals surface area contributed by atoms with Crippen LogP contribution in [-0.4, -0.2) is 24.9 Å². The highest BCUT2D eigenvalue weighted by Crippen LogP contribution is 2.14. The molecular formula is C17H23N3O2. The van der Waals surface area contributed by atoms with Gasteiger partial charge in [0.25, 0.3) is 11.8 Å². The molecule has 0 heterocycles. The Morgan fingerprint density at radius 2 is 1.68 bits per heavy atom.